The largest absolute Gasteiger partial charge is 0.478 e. The number of carbonyl (C=O) groups is 2. The van der Waals surface area contributed by atoms with E-state index in [1.807, 2.05) is 6.07 Å². The van der Waals surface area contributed by atoms with E-state index in [4.69, 9.17) is 5.11 Å². The van der Waals surface area contributed by atoms with Gasteiger partial charge in [0.1, 0.15) is 0 Å². The zero-order valence-electron chi connectivity index (χ0n) is 14.5. The Balaban J connectivity index is 1.71. The number of amides is 1. The van der Waals surface area contributed by atoms with E-state index in [0.29, 0.717) is 11.3 Å². The second-order valence-electron chi connectivity index (χ2n) is 5.83. The van der Waals surface area contributed by atoms with Crippen molar-refractivity contribution in [3.8, 4) is 0 Å². The highest BCUT2D eigenvalue weighted by Crippen LogP contribution is 2.18. The Hall–Kier alpha value is -3.65. The Morgan fingerprint density at radius 2 is 1.29 bits per heavy atom. The molecule has 0 unspecified atom stereocenters. The number of nitrogens with one attached hydrogen (secondary N) is 2. The molecule has 1 amide bonds. The Bertz CT molecular complexity index is 1090. The third kappa shape index (κ3) is 4.54. The molecule has 3 aromatic rings. The van der Waals surface area contributed by atoms with Crippen LogP contribution in [0, 0.1) is 0 Å². The van der Waals surface area contributed by atoms with Crippen molar-refractivity contribution >= 4 is 33.3 Å². The van der Waals surface area contributed by atoms with Crippen LogP contribution in [0.3, 0.4) is 0 Å². The second-order valence-corrected chi connectivity index (χ2v) is 7.51. The summed E-state index contributed by atoms with van der Waals surface area (Å²) in [7, 11) is -3.88. The molecule has 0 aliphatic rings. The van der Waals surface area contributed by atoms with E-state index in [-0.39, 0.29) is 22.1 Å². The number of para-hydroxylation sites is 1. The van der Waals surface area contributed by atoms with Crippen LogP contribution in [-0.4, -0.2) is 25.4 Å². The molecule has 0 radical (unpaired) electrons. The summed E-state index contributed by atoms with van der Waals surface area (Å²) in [5.41, 5.74) is 1.30. The van der Waals surface area contributed by atoms with E-state index in [1.165, 1.54) is 48.5 Å². The molecule has 0 saturated heterocycles. The van der Waals surface area contributed by atoms with Crippen molar-refractivity contribution in [3.63, 3.8) is 0 Å². The molecule has 0 aromatic heterocycles. The van der Waals surface area contributed by atoms with Crippen molar-refractivity contribution in [2.45, 2.75) is 4.90 Å². The van der Waals surface area contributed by atoms with Gasteiger partial charge < -0.3 is 10.4 Å². The minimum atomic E-state index is -3.88. The van der Waals surface area contributed by atoms with Gasteiger partial charge in [0, 0.05) is 16.9 Å². The predicted octanol–water partition coefficient (Wildman–Crippen LogP) is 3.44. The quantitative estimate of drug-likeness (QED) is 0.591. The van der Waals surface area contributed by atoms with E-state index in [2.05, 4.69) is 10.0 Å². The first-order valence-corrected chi connectivity index (χ1v) is 9.66. The Kier molecular flexibility index (Phi) is 5.42. The van der Waals surface area contributed by atoms with Crippen molar-refractivity contribution in [1.82, 2.24) is 0 Å². The minimum Gasteiger partial charge on any atom is -0.478 e. The van der Waals surface area contributed by atoms with Crippen molar-refractivity contribution in [2.24, 2.45) is 0 Å². The number of aromatic carboxylic acids is 1. The van der Waals surface area contributed by atoms with E-state index in [0.717, 1.165) is 0 Å². The van der Waals surface area contributed by atoms with Gasteiger partial charge >= 0.3 is 5.97 Å². The molecule has 0 heterocycles. The van der Waals surface area contributed by atoms with Crippen LogP contribution in [-0.2, 0) is 10.0 Å². The SMILES string of the molecule is O=C(O)c1ccc(S(=O)(=O)Nc2ccc(C(=O)Nc3ccccc3)cc2)cc1. The second kappa shape index (κ2) is 7.93. The average Bonchev–Trinajstić information content (AvgIpc) is 2.69. The van der Waals surface area contributed by atoms with Crippen LogP contribution in [0.5, 0.6) is 0 Å². The third-order valence-electron chi connectivity index (χ3n) is 3.84. The fourth-order valence-corrected chi connectivity index (χ4v) is 3.46. The van der Waals surface area contributed by atoms with E-state index >= 15 is 0 Å². The van der Waals surface area contributed by atoms with Crippen LogP contribution in [0.25, 0.3) is 0 Å². The lowest BCUT2D eigenvalue weighted by molar-refractivity contribution is 0.0696. The zero-order valence-corrected chi connectivity index (χ0v) is 15.3. The normalized spacial score (nSPS) is 10.9. The first-order chi connectivity index (χ1) is 13.3. The lowest BCUT2D eigenvalue weighted by Gasteiger charge is -2.09. The number of rotatable bonds is 6. The Morgan fingerprint density at radius 1 is 0.714 bits per heavy atom. The first kappa shape index (κ1) is 19.1. The van der Waals surface area contributed by atoms with Crippen LogP contribution < -0.4 is 10.0 Å². The van der Waals surface area contributed by atoms with Gasteiger partial charge in [-0.3, -0.25) is 9.52 Å². The molecule has 8 heteroatoms. The van der Waals surface area contributed by atoms with Crippen LogP contribution >= 0.6 is 0 Å². The molecule has 0 bridgehead atoms. The topological polar surface area (TPSA) is 113 Å². The summed E-state index contributed by atoms with van der Waals surface area (Å²) in [5, 5.41) is 11.6. The van der Waals surface area contributed by atoms with Gasteiger partial charge in [-0.05, 0) is 60.7 Å². The maximum atomic E-state index is 12.4. The average molecular weight is 396 g/mol. The standard InChI is InChI=1S/C20H16N2O5S/c23-19(21-16-4-2-1-3-5-16)14-6-10-17(11-7-14)22-28(26,27)18-12-8-15(9-13-18)20(24)25/h1-13,22H,(H,21,23)(H,24,25). The summed E-state index contributed by atoms with van der Waals surface area (Å²) in [6, 6.07) is 19.8. The maximum absolute atomic E-state index is 12.4. The molecule has 0 spiro atoms. The van der Waals surface area contributed by atoms with Crippen LogP contribution in [0.15, 0.2) is 83.8 Å². The van der Waals surface area contributed by atoms with Gasteiger partial charge in [0.2, 0.25) is 0 Å². The van der Waals surface area contributed by atoms with Crippen molar-refractivity contribution in [2.75, 3.05) is 10.0 Å². The predicted molar refractivity (Wildman–Crippen MR) is 105 cm³/mol. The van der Waals surface area contributed by atoms with Gasteiger partial charge in [-0.15, -0.1) is 0 Å². The fraction of sp³-hybridized carbons (Fsp3) is 0. The third-order valence-corrected chi connectivity index (χ3v) is 5.24. The summed E-state index contributed by atoms with van der Waals surface area (Å²) >= 11 is 0. The number of benzene rings is 3. The summed E-state index contributed by atoms with van der Waals surface area (Å²) in [6.45, 7) is 0. The van der Waals surface area contributed by atoms with Gasteiger partial charge in [-0.2, -0.15) is 0 Å². The number of carboxylic acid groups (broad SMARTS) is 1. The highest BCUT2D eigenvalue weighted by molar-refractivity contribution is 7.92. The molecule has 142 valence electrons. The van der Waals surface area contributed by atoms with E-state index < -0.39 is 16.0 Å². The highest BCUT2D eigenvalue weighted by atomic mass is 32.2. The molecule has 3 rings (SSSR count). The molecule has 0 aliphatic carbocycles. The van der Waals surface area contributed by atoms with Gasteiger partial charge in [-0.1, -0.05) is 18.2 Å². The summed E-state index contributed by atoms with van der Waals surface area (Å²) in [5.74, 6) is -1.45. The van der Waals surface area contributed by atoms with Gasteiger partial charge in [0.05, 0.1) is 10.5 Å². The molecule has 0 aliphatic heterocycles. The number of hydrogen-bond donors (Lipinski definition) is 3. The maximum Gasteiger partial charge on any atom is 0.335 e. The monoisotopic (exact) mass is 396 g/mol. The van der Waals surface area contributed by atoms with Gasteiger partial charge in [0.15, 0.2) is 0 Å². The first-order valence-electron chi connectivity index (χ1n) is 8.18. The molecular formula is C20H16N2O5S. The highest BCUT2D eigenvalue weighted by Gasteiger charge is 2.15. The molecular weight excluding hydrogens is 380 g/mol. The van der Waals surface area contributed by atoms with E-state index in [9.17, 15) is 18.0 Å². The molecule has 28 heavy (non-hydrogen) atoms. The van der Waals surface area contributed by atoms with Crippen molar-refractivity contribution < 1.29 is 23.1 Å². The molecule has 0 saturated carbocycles. The van der Waals surface area contributed by atoms with Crippen LogP contribution in [0.1, 0.15) is 20.7 Å². The molecule has 0 fully saturated rings. The molecule has 0 atom stereocenters. The summed E-state index contributed by atoms with van der Waals surface area (Å²) in [6.07, 6.45) is 0. The van der Waals surface area contributed by atoms with E-state index in [1.54, 1.807) is 24.3 Å². The minimum absolute atomic E-state index is 0.00673. The van der Waals surface area contributed by atoms with Crippen LogP contribution in [0.4, 0.5) is 11.4 Å². The van der Waals surface area contributed by atoms with Gasteiger partial charge in [-0.25, -0.2) is 13.2 Å². The number of carboxylic acids is 1. The summed E-state index contributed by atoms with van der Waals surface area (Å²) < 4.78 is 27.2. The number of hydrogen-bond acceptors (Lipinski definition) is 4. The summed E-state index contributed by atoms with van der Waals surface area (Å²) in [4.78, 5) is 23.0. The zero-order chi connectivity index (χ0) is 20.1. The number of carbonyl (C=O) groups excluding carboxylic acids is 1. The smallest absolute Gasteiger partial charge is 0.335 e. The van der Waals surface area contributed by atoms with Crippen LogP contribution in [0.2, 0.25) is 0 Å². The Morgan fingerprint density at radius 3 is 1.86 bits per heavy atom. The molecule has 3 N–H and O–H groups in total. The molecule has 3 aromatic carbocycles. The Labute approximate surface area is 161 Å². The number of sulfonamides is 1. The lowest BCUT2D eigenvalue weighted by Crippen LogP contribution is -2.14. The fourth-order valence-electron chi connectivity index (χ4n) is 2.41. The van der Waals surface area contributed by atoms with Crippen molar-refractivity contribution in [3.05, 3.63) is 90.0 Å². The molecule has 7 nitrogen and oxygen atoms in total. The van der Waals surface area contributed by atoms with Gasteiger partial charge in [0.25, 0.3) is 15.9 Å². The van der Waals surface area contributed by atoms with Crippen molar-refractivity contribution in [1.29, 1.82) is 0 Å². The number of anilines is 2. The lowest BCUT2D eigenvalue weighted by atomic mass is 10.2.